The molecule has 0 spiro atoms. The molecule has 0 atom stereocenters. The molecule has 0 radical (unpaired) electrons. The number of carbonyl (C=O) groups is 1. The first-order valence-electron chi connectivity index (χ1n) is 11.1. The highest BCUT2D eigenvalue weighted by molar-refractivity contribution is 5.94. The highest BCUT2D eigenvalue weighted by atomic mass is 16.4. The number of aromatic nitrogens is 1. The number of rotatable bonds is 6. The van der Waals surface area contributed by atoms with E-state index < -0.39 is 5.97 Å². The van der Waals surface area contributed by atoms with E-state index in [1.807, 2.05) is 12.1 Å². The van der Waals surface area contributed by atoms with E-state index >= 15 is 0 Å². The van der Waals surface area contributed by atoms with Crippen LogP contribution in [0.15, 0.2) is 91.0 Å². The Balaban J connectivity index is 1.63. The lowest BCUT2D eigenvalue weighted by atomic mass is 9.92. The summed E-state index contributed by atoms with van der Waals surface area (Å²) in [4.78, 5) is 11.3. The van der Waals surface area contributed by atoms with Gasteiger partial charge in [0, 0.05) is 35.1 Å². The van der Waals surface area contributed by atoms with E-state index in [0.717, 1.165) is 42.6 Å². The van der Waals surface area contributed by atoms with Crippen molar-refractivity contribution in [2.75, 3.05) is 0 Å². The summed E-state index contributed by atoms with van der Waals surface area (Å²) in [6, 6.07) is 29.6. The van der Waals surface area contributed by atoms with Crippen LogP contribution in [0, 0.1) is 0 Å². The maximum absolute atomic E-state index is 11.3. The van der Waals surface area contributed by atoms with Gasteiger partial charge in [-0.2, -0.15) is 0 Å². The van der Waals surface area contributed by atoms with Crippen molar-refractivity contribution in [1.29, 1.82) is 0 Å². The molecule has 1 aliphatic heterocycles. The Morgan fingerprint density at radius 3 is 2.12 bits per heavy atom. The normalized spacial score (nSPS) is 12.9. The van der Waals surface area contributed by atoms with Gasteiger partial charge in [-0.3, -0.25) is 0 Å². The summed E-state index contributed by atoms with van der Waals surface area (Å²) in [5.41, 5.74) is 9.47. The van der Waals surface area contributed by atoms with Crippen LogP contribution in [0.1, 0.15) is 28.9 Å². The lowest BCUT2D eigenvalue weighted by Crippen LogP contribution is -1.97. The van der Waals surface area contributed by atoms with Crippen molar-refractivity contribution in [2.24, 2.45) is 0 Å². The van der Waals surface area contributed by atoms with Gasteiger partial charge in [0.2, 0.25) is 0 Å². The van der Waals surface area contributed by atoms with Gasteiger partial charge in [0.1, 0.15) is 0 Å². The molecular formula is C29H25NO2. The van der Waals surface area contributed by atoms with Gasteiger partial charge in [-0.1, -0.05) is 84.9 Å². The Hall–Kier alpha value is -3.85. The molecule has 2 heterocycles. The van der Waals surface area contributed by atoms with E-state index in [9.17, 15) is 9.90 Å². The van der Waals surface area contributed by atoms with Crippen LogP contribution < -0.4 is 0 Å². The monoisotopic (exact) mass is 419 g/mol. The molecule has 4 aromatic rings. The van der Waals surface area contributed by atoms with Crippen LogP contribution >= 0.6 is 0 Å². The van der Waals surface area contributed by atoms with Gasteiger partial charge in [-0.05, 0) is 47.6 Å². The molecule has 0 saturated heterocycles. The molecule has 3 aromatic carbocycles. The molecule has 158 valence electrons. The minimum atomic E-state index is -0.927. The van der Waals surface area contributed by atoms with Crippen LogP contribution in [0.3, 0.4) is 0 Å². The highest BCUT2D eigenvalue weighted by Crippen LogP contribution is 2.43. The fraction of sp³-hybridized carbons (Fsp3) is 0.138. The van der Waals surface area contributed by atoms with E-state index in [0.29, 0.717) is 0 Å². The number of carboxylic acids is 1. The van der Waals surface area contributed by atoms with Gasteiger partial charge in [0.05, 0.1) is 0 Å². The van der Waals surface area contributed by atoms with Crippen LogP contribution in [0.4, 0.5) is 0 Å². The van der Waals surface area contributed by atoms with Gasteiger partial charge < -0.3 is 9.67 Å². The number of carboxylic acid groups (broad SMARTS) is 1. The molecular weight excluding hydrogens is 394 g/mol. The molecule has 0 bridgehead atoms. The second-order valence-electron chi connectivity index (χ2n) is 8.23. The van der Waals surface area contributed by atoms with E-state index in [1.54, 1.807) is 6.08 Å². The molecule has 5 rings (SSSR count). The summed E-state index contributed by atoms with van der Waals surface area (Å²) in [7, 11) is 0. The molecule has 3 heteroatoms. The second-order valence-corrected chi connectivity index (χ2v) is 8.23. The highest BCUT2D eigenvalue weighted by Gasteiger charge is 2.26. The Labute approximate surface area is 188 Å². The molecule has 0 aliphatic carbocycles. The van der Waals surface area contributed by atoms with E-state index in [2.05, 4.69) is 77.4 Å². The Morgan fingerprint density at radius 1 is 0.812 bits per heavy atom. The van der Waals surface area contributed by atoms with Gasteiger partial charge >= 0.3 is 5.97 Å². The summed E-state index contributed by atoms with van der Waals surface area (Å²) in [6.45, 7) is 0.917. The molecule has 1 aromatic heterocycles. The van der Waals surface area contributed by atoms with E-state index in [-0.39, 0.29) is 0 Å². The van der Waals surface area contributed by atoms with Crippen molar-refractivity contribution in [1.82, 2.24) is 4.57 Å². The minimum Gasteiger partial charge on any atom is -0.478 e. The molecule has 32 heavy (non-hydrogen) atoms. The first-order valence-corrected chi connectivity index (χ1v) is 11.1. The third-order valence-electron chi connectivity index (χ3n) is 6.15. The first kappa shape index (κ1) is 20.1. The van der Waals surface area contributed by atoms with Crippen LogP contribution in [0.25, 0.3) is 28.3 Å². The smallest absolute Gasteiger partial charge is 0.328 e. The average Bonchev–Trinajstić information content (AvgIpc) is 3.40. The zero-order valence-electron chi connectivity index (χ0n) is 17.9. The number of fused-ring (bicyclic) bond motifs is 1. The molecule has 1 aliphatic rings. The lowest BCUT2D eigenvalue weighted by molar-refractivity contribution is -0.131. The van der Waals surface area contributed by atoms with Crippen LogP contribution in [0.5, 0.6) is 0 Å². The largest absolute Gasteiger partial charge is 0.478 e. The predicted octanol–water partition coefficient (Wildman–Crippen LogP) is 6.46. The first-order chi connectivity index (χ1) is 15.7. The fourth-order valence-corrected chi connectivity index (χ4v) is 4.76. The lowest BCUT2D eigenvalue weighted by Gasteiger charge is -2.10. The van der Waals surface area contributed by atoms with Crippen molar-refractivity contribution in [3.05, 3.63) is 114 Å². The Bertz CT molecular complexity index is 1270. The van der Waals surface area contributed by atoms with Crippen molar-refractivity contribution in [3.8, 4) is 22.3 Å². The number of hydrogen-bond acceptors (Lipinski definition) is 1. The maximum Gasteiger partial charge on any atom is 0.328 e. The standard InChI is InChI=1S/C29H25NO2/c31-27(32)18-17-26-29(24-15-13-22(14-16-24)20-21-8-3-1-4-9-21)28(23-10-5-2-6-11-23)25-12-7-19-30(25)26/h1-6,8-11,13-18H,7,12,19-20H2,(H,31,32)/b18-17+. The maximum atomic E-state index is 11.3. The van der Waals surface area contributed by atoms with Crippen molar-refractivity contribution >= 4 is 12.0 Å². The Kier molecular flexibility index (Phi) is 5.47. The fourth-order valence-electron chi connectivity index (χ4n) is 4.76. The zero-order chi connectivity index (χ0) is 21.9. The average molecular weight is 420 g/mol. The van der Waals surface area contributed by atoms with Crippen LogP contribution in [-0.4, -0.2) is 15.6 Å². The third kappa shape index (κ3) is 3.90. The predicted molar refractivity (Wildman–Crippen MR) is 130 cm³/mol. The SMILES string of the molecule is O=C(O)/C=C/c1c(-c2ccc(Cc3ccccc3)cc2)c(-c2ccccc2)c2n1CCC2. The van der Waals surface area contributed by atoms with Gasteiger partial charge in [0.15, 0.2) is 0 Å². The molecule has 0 amide bonds. The number of nitrogens with zero attached hydrogens (tertiary/aromatic N) is 1. The number of hydrogen-bond donors (Lipinski definition) is 1. The zero-order valence-corrected chi connectivity index (χ0v) is 17.9. The summed E-state index contributed by atoms with van der Waals surface area (Å²) < 4.78 is 2.30. The summed E-state index contributed by atoms with van der Waals surface area (Å²) in [5.74, 6) is -0.927. The van der Waals surface area contributed by atoms with E-state index in [4.69, 9.17) is 0 Å². The minimum absolute atomic E-state index is 0.894. The van der Waals surface area contributed by atoms with Gasteiger partial charge in [-0.15, -0.1) is 0 Å². The Morgan fingerprint density at radius 2 is 1.44 bits per heavy atom. The summed E-state index contributed by atoms with van der Waals surface area (Å²) in [6.07, 6.45) is 5.99. The molecule has 3 nitrogen and oxygen atoms in total. The second kappa shape index (κ2) is 8.72. The van der Waals surface area contributed by atoms with E-state index in [1.165, 1.54) is 34.0 Å². The molecule has 0 fully saturated rings. The third-order valence-corrected chi connectivity index (χ3v) is 6.15. The number of aliphatic carboxylic acids is 1. The van der Waals surface area contributed by atoms with Crippen LogP contribution in [0.2, 0.25) is 0 Å². The molecule has 1 N–H and O–H groups in total. The van der Waals surface area contributed by atoms with Gasteiger partial charge in [-0.25, -0.2) is 4.79 Å². The number of benzene rings is 3. The van der Waals surface area contributed by atoms with Gasteiger partial charge in [0.25, 0.3) is 0 Å². The van der Waals surface area contributed by atoms with Crippen molar-refractivity contribution in [3.63, 3.8) is 0 Å². The molecule has 0 saturated carbocycles. The van der Waals surface area contributed by atoms with Crippen molar-refractivity contribution in [2.45, 2.75) is 25.8 Å². The summed E-state index contributed by atoms with van der Waals surface area (Å²) >= 11 is 0. The topological polar surface area (TPSA) is 42.2 Å². The van der Waals surface area contributed by atoms with Crippen LogP contribution in [-0.2, 0) is 24.2 Å². The molecule has 0 unspecified atom stereocenters. The summed E-state index contributed by atoms with van der Waals surface area (Å²) in [5, 5.41) is 9.29. The van der Waals surface area contributed by atoms with Crippen molar-refractivity contribution < 1.29 is 9.90 Å². The quantitative estimate of drug-likeness (QED) is 0.365.